The fourth-order valence-electron chi connectivity index (χ4n) is 1.50. The van der Waals surface area contributed by atoms with Crippen molar-refractivity contribution in [3.8, 4) is 0 Å². The highest BCUT2D eigenvalue weighted by atomic mass is 16.4. The number of carbonyl (C=O) groups is 2. The Morgan fingerprint density at radius 1 is 1.47 bits per heavy atom. The Labute approximate surface area is 111 Å². The van der Waals surface area contributed by atoms with E-state index in [-0.39, 0.29) is 0 Å². The third-order valence-electron chi connectivity index (χ3n) is 2.81. The van der Waals surface area contributed by atoms with E-state index in [1.807, 2.05) is 20.8 Å². The number of carboxylic acid groups (broad SMARTS) is 1. The van der Waals surface area contributed by atoms with Crippen molar-refractivity contribution in [2.45, 2.75) is 32.9 Å². The number of carboxylic acids is 1. The van der Waals surface area contributed by atoms with Crippen LogP contribution in [0.3, 0.4) is 0 Å². The van der Waals surface area contributed by atoms with E-state index in [0.717, 1.165) is 0 Å². The van der Waals surface area contributed by atoms with Crippen molar-refractivity contribution in [1.29, 1.82) is 0 Å². The van der Waals surface area contributed by atoms with Gasteiger partial charge in [0.15, 0.2) is 6.04 Å². The smallest absolute Gasteiger partial charge is 0.331 e. The number of aryl methyl sites for hydroxylation is 1. The largest absolute Gasteiger partial charge is 0.479 e. The maximum Gasteiger partial charge on any atom is 0.331 e. The van der Waals surface area contributed by atoms with Crippen LogP contribution in [0.1, 0.15) is 32.4 Å². The number of hydrogen-bond donors (Lipinski definition) is 3. The number of rotatable bonds is 4. The van der Waals surface area contributed by atoms with E-state index in [4.69, 9.17) is 5.73 Å². The van der Waals surface area contributed by atoms with Crippen LogP contribution in [0, 0.1) is 5.41 Å². The molecule has 1 aromatic heterocycles. The SMILES string of the molecule is Cn1cc(C(NC(=O)C(N)C(C)(C)C)C(=O)O)cn1. The zero-order chi connectivity index (χ0) is 14.8. The Balaban J connectivity index is 2.87. The van der Waals surface area contributed by atoms with E-state index < -0.39 is 29.4 Å². The van der Waals surface area contributed by atoms with Crippen molar-refractivity contribution in [1.82, 2.24) is 15.1 Å². The van der Waals surface area contributed by atoms with Crippen molar-refractivity contribution in [2.24, 2.45) is 18.2 Å². The van der Waals surface area contributed by atoms with Gasteiger partial charge < -0.3 is 16.2 Å². The first kappa shape index (κ1) is 15.2. The maximum absolute atomic E-state index is 12.0. The van der Waals surface area contributed by atoms with Crippen LogP contribution in [0.4, 0.5) is 0 Å². The van der Waals surface area contributed by atoms with Gasteiger partial charge in [0.1, 0.15) is 0 Å². The van der Waals surface area contributed by atoms with Crippen molar-refractivity contribution in [3.05, 3.63) is 18.0 Å². The second-order valence-corrected chi connectivity index (χ2v) is 5.57. The van der Waals surface area contributed by atoms with Gasteiger partial charge in [-0.2, -0.15) is 5.10 Å². The number of amides is 1. The van der Waals surface area contributed by atoms with Gasteiger partial charge >= 0.3 is 5.97 Å². The van der Waals surface area contributed by atoms with E-state index in [9.17, 15) is 14.7 Å². The van der Waals surface area contributed by atoms with Crippen LogP contribution in [0.25, 0.3) is 0 Å². The quantitative estimate of drug-likeness (QED) is 0.714. The fraction of sp³-hybridized carbons (Fsp3) is 0.583. The third kappa shape index (κ3) is 3.78. The number of nitrogens with zero attached hydrogens (tertiary/aromatic N) is 2. The molecule has 4 N–H and O–H groups in total. The summed E-state index contributed by atoms with van der Waals surface area (Å²) in [5, 5.41) is 15.5. The van der Waals surface area contributed by atoms with Crippen LogP contribution in [0.5, 0.6) is 0 Å². The highest BCUT2D eigenvalue weighted by Crippen LogP contribution is 2.19. The minimum atomic E-state index is -1.15. The number of aliphatic carboxylic acids is 1. The Morgan fingerprint density at radius 2 is 2.05 bits per heavy atom. The number of carbonyl (C=O) groups excluding carboxylic acids is 1. The molecular weight excluding hydrogens is 248 g/mol. The van der Waals surface area contributed by atoms with Crippen LogP contribution < -0.4 is 11.1 Å². The minimum absolute atomic E-state index is 0.407. The average Bonchev–Trinajstić information content (AvgIpc) is 2.69. The summed E-state index contributed by atoms with van der Waals surface area (Å²) >= 11 is 0. The molecule has 0 fully saturated rings. The molecular formula is C12H20N4O3. The van der Waals surface area contributed by atoms with E-state index >= 15 is 0 Å². The van der Waals surface area contributed by atoms with Gasteiger partial charge in [0.05, 0.1) is 12.2 Å². The summed E-state index contributed by atoms with van der Waals surface area (Å²) in [5.74, 6) is -1.65. The summed E-state index contributed by atoms with van der Waals surface area (Å²) in [5.41, 5.74) is 5.76. The molecule has 0 bridgehead atoms. The standard InChI is InChI=1S/C12H20N4O3/c1-12(2,3)9(13)10(17)15-8(11(18)19)7-5-14-16(4)6-7/h5-6,8-9H,13H2,1-4H3,(H,15,17)(H,18,19). The molecule has 0 aromatic carbocycles. The van der Waals surface area contributed by atoms with Gasteiger partial charge in [0.25, 0.3) is 0 Å². The summed E-state index contributed by atoms with van der Waals surface area (Å²) in [4.78, 5) is 23.2. The maximum atomic E-state index is 12.0. The minimum Gasteiger partial charge on any atom is -0.479 e. The van der Waals surface area contributed by atoms with Gasteiger partial charge in [-0.25, -0.2) is 4.79 Å². The van der Waals surface area contributed by atoms with Crippen LogP contribution in [-0.4, -0.2) is 32.8 Å². The summed E-state index contributed by atoms with van der Waals surface area (Å²) in [7, 11) is 1.67. The van der Waals surface area contributed by atoms with E-state index in [1.165, 1.54) is 10.9 Å². The molecule has 1 rings (SSSR count). The molecule has 0 saturated heterocycles. The molecule has 19 heavy (non-hydrogen) atoms. The zero-order valence-corrected chi connectivity index (χ0v) is 11.5. The summed E-state index contributed by atoms with van der Waals surface area (Å²) in [6.07, 6.45) is 2.95. The number of nitrogens with one attached hydrogen (secondary N) is 1. The average molecular weight is 268 g/mol. The summed E-state index contributed by atoms with van der Waals surface area (Å²) in [6.45, 7) is 5.45. The highest BCUT2D eigenvalue weighted by Gasteiger charge is 2.31. The first-order valence-electron chi connectivity index (χ1n) is 5.90. The third-order valence-corrected chi connectivity index (χ3v) is 2.81. The summed E-state index contributed by atoms with van der Waals surface area (Å²) < 4.78 is 1.47. The van der Waals surface area contributed by atoms with Gasteiger partial charge in [0, 0.05) is 18.8 Å². The van der Waals surface area contributed by atoms with Gasteiger partial charge in [0.2, 0.25) is 5.91 Å². The van der Waals surface area contributed by atoms with Gasteiger partial charge in [-0.1, -0.05) is 20.8 Å². The fourth-order valence-corrected chi connectivity index (χ4v) is 1.50. The molecule has 7 nitrogen and oxygen atoms in total. The van der Waals surface area contributed by atoms with Gasteiger partial charge in [-0.05, 0) is 5.41 Å². The van der Waals surface area contributed by atoms with Crippen LogP contribution in [0.2, 0.25) is 0 Å². The molecule has 2 atom stereocenters. The lowest BCUT2D eigenvalue weighted by Gasteiger charge is -2.27. The molecule has 0 aliphatic rings. The van der Waals surface area contributed by atoms with Crippen molar-refractivity contribution in [2.75, 3.05) is 0 Å². The van der Waals surface area contributed by atoms with E-state index in [0.29, 0.717) is 5.56 Å². The van der Waals surface area contributed by atoms with Crippen LogP contribution in [-0.2, 0) is 16.6 Å². The number of aromatic nitrogens is 2. The van der Waals surface area contributed by atoms with Crippen molar-refractivity contribution >= 4 is 11.9 Å². The lowest BCUT2D eigenvalue weighted by Crippen LogP contribution is -2.50. The normalized spacial score (nSPS) is 14.8. The first-order valence-corrected chi connectivity index (χ1v) is 5.90. The molecule has 0 radical (unpaired) electrons. The Kier molecular flexibility index (Phi) is 4.31. The highest BCUT2D eigenvalue weighted by molar-refractivity contribution is 5.87. The lowest BCUT2D eigenvalue weighted by molar-refractivity contribution is -0.142. The van der Waals surface area contributed by atoms with Crippen molar-refractivity contribution in [3.63, 3.8) is 0 Å². The van der Waals surface area contributed by atoms with Crippen LogP contribution >= 0.6 is 0 Å². The lowest BCUT2D eigenvalue weighted by atomic mass is 9.86. The van der Waals surface area contributed by atoms with E-state index in [2.05, 4.69) is 10.4 Å². The molecule has 1 amide bonds. The molecule has 2 unspecified atom stereocenters. The Hall–Kier alpha value is -1.89. The molecule has 0 saturated carbocycles. The van der Waals surface area contributed by atoms with Gasteiger partial charge in [-0.3, -0.25) is 9.48 Å². The Bertz CT molecular complexity index is 476. The van der Waals surface area contributed by atoms with Gasteiger partial charge in [-0.15, -0.1) is 0 Å². The first-order chi connectivity index (χ1) is 8.62. The predicted molar refractivity (Wildman–Crippen MR) is 69.2 cm³/mol. The molecule has 106 valence electrons. The van der Waals surface area contributed by atoms with Crippen LogP contribution in [0.15, 0.2) is 12.4 Å². The topological polar surface area (TPSA) is 110 Å². The Morgan fingerprint density at radius 3 is 2.42 bits per heavy atom. The molecule has 7 heteroatoms. The molecule has 0 spiro atoms. The summed E-state index contributed by atoms with van der Waals surface area (Å²) in [6, 6.07) is -1.93. The second-order valence-electron chi connectivity index (χ2n) is 5.57. The van der Waals surface area contributed by atoms with E-state index in [1.54, 1.807) is 13.2 Å². The zero-order valence-electron chi connectivity index (χ0n) is 11.5. The molecule has 1 aromatic rings. The number of nitrogens with two attached hydrogens (primary N) is 1. The second kappa shape index (κ2) is 5.40. The number of hydrogen-bond acceptors (Lipinski definition) is 4. The molecule has 1 heterocycles. The molecule has 0 aliphatic carbocycles. The van der Waals surface area contributed by atoms with Crippen molar-refractivity contribution < 1.29 is 14.7 Å². The predicted octanol–water partition coefficient (Wildman–Crippen LogP) is 0.0354. The molecule has 0 aliphatic heterocycles. The monoisotopic (exact) mass is 268 g/mol.